The maximum Gasteiger partial charge on any atom is 0.317 e. The predicted octanol–water partition coefficient (Wildman–Crippen LogP) is -1.59. The van der Waals surface area contributed by atoms with Crippen LogP contribution >= 0.6 is 0 Å². The minimum atomic E-state index is -3.32. The van der Waals surface area contributed by atoms with Crippen LogP contribution in [0, 0.1) is 0 Å². The number of hydrogen-bond acceptors (Lipinski definition) is 5. The molecule has 0 aromatic heterocycles. The van der Waals surface area contributed by atoms with E-state index in [0.29, 0.717) is 0 Å². The van der Waals surface area contributed by atoms with Gasteiger partial charge in [0.25, 0.3) is 0 Å². The molecule has 0 radical (unpaired) electrons. The Labute approximate surface area is 122 Å². The van der Waals surface area contributed by atoms with Crippen LogP contribution in [0.2, 0.25) is 0 Å². The number of nitrogens with zero attached hydrogens (tertiary/aromatic N) is 1. The zero-order chi connectivity index (χ0) is 16.0. The molecule has 3 N–H and O–H groups in total. The third-order valence-electron chi connectivity index (χ3n) is 2.98. The maximum atomic E-state index is 12.0. The first kappa shape index (κ1) is 17.2. The molecule has 0 aliphatic carbocycles. The highest BCUT2D eigenvalue weighted by atomic mass is 32.2. The summed E-state index contributed by atoms with van der Waals surface area (Å²) in [5, 5.41) is 13.8. The van der Waals surface area contributed by atoms with E-state index in [2.05, 4.69) is 10.6 Å². The Balaban J connectivity index is 2.58. The van der Waals surface area contributed by atoms with Gasteiger partial charge in [-0.3, -0.25) is 9.59 Å². The zero-order valence-electron chi connectivity index (χ0n) is 11.7. The lowest BCUT2D eigenvalue weighted by Gasteiger charge is -2.34. The van der Waals surface area contributed by atoms with Crippen LogP contribution < -0.4 is 10.6 Å². The van der Waals surface area contributed by atoms with Crippen molar-refractivity contribution in [3.05, 3.63) is 0 Å². The molecule has 9 nitrogen and oxygen atoms in total. The zero-order valence-corrected chi connectivity index (χ0v) is 12.5. The van der Waals surface area contributed by atoms with Crippen molar-refractivity contribution in [2.24, 2.45) is 0 Å². The molecule has 0 aromatic rings. The van der Waals surface area contributed by atoms with E-state index in [0.717, 1.165) is 0 Å². The Kier molecular flexibility index (Phi) is 5.94. The monoisotopic (exact) mass is 321 g/mol. The first-order valence-electron chi connectivity index (χ1n) is 6.42. The number of carboxylic acid groups (broad SMARTS) is 1. The summed E-state index contributed by atoms with van der Waals surface area (Å²) in [5.41, 5.74) is 0. The molecule has 1 fully saturated rings. The summed E-state index contributed by atoms with van der Waals surface area (Å²) in [6.45, 7) is 1.74. The standard InChI is InChI=1S/C11H19N3O6S/c1-8(15)12-2-3-13-11(18)14-4-5-21(19,20)7-9(14)6-10(16)17/h9H,2-7H2,1H3,(H,12,15)(H,13,18)(H,16,17). The van der Waals surface area contributed by atoms with Crippen molar-refractivity contribution in [1.29, 1.82) is 0 Å². The first-order chi connectivity index (χ1) is 9.71. The van der Waals surface area contributed by atoms with E-state index in [1.54, 1.807) is 0 Å². The van der Waals surface area contributed by atoms with Crippen molar-refractivity contribution in [2.75, 3.05) is 31.1 Å². The van der Waals surface area contributed by atoms with Gasteiger partial charge in [-0.05, 0) is 0 Å². The van der Waals surface area contributed by atoms with Crippen LogP contribution in [0.5, 0.6) is 0 Å². The SMILES string of the molecule is CC(=O)NCCNC(=O)N1CCS(=O)(=O)CC1CC(=O)O. The van der Waals surface area contributed by atoms with Crippen molar-refractivity contribution in [3.63, 3.8) is 0 Å². The number of hydrogen-bond donors (Lipinski definition) is 3. The summed E-state index contributed by atoms with van der Waals surface area (Å²) in [6, 6.07) is -1.40. The number of carbonyl (C=O) groups is 3. The molecule has 10 heteroatoms. The average molecular weight is 321 g/mol. The molecule has 1 aliphatic rings. The van der Waals surface area contributed by atoms with E-state index in [9.17, 15) is 22.8 Å². The van der Waals surface area contributed by atoms with Crippen LogP contribution in [0.1, 0.15) is 13.3 Å². The van der Waals surface area contributed by atoms with Gasteiger partial charge in [0.15, 0.2) is 9.84 Å². The van der Waals surface area contributed by atoms with Crippen LogP contribution in [0.15, 0.2) is 0 Å². The van der Waals surface area contributed by atoms with Crippen molar-refractivity contribution in [1.82, 2.24) is 15.5 Å². The van der Waals surface area contributed by atoms with Gasteiger partial charge >= 0.3 is 12.0 Å². The van der Waals surface area contributed by atoms with Gasteiger partial charge in [-0.25, -0.2) is 13.2 Å². The van der Waals surface area contributed by atoms with E-state index < -0.39 is 34.3 Å². The maximum absolute atomic E-state index is 12.0. The molecule has 0 saturated carbocycles. The number of rotatable bonds is 5. The topological polar surface area (TPSA) is 133 Å². The van der Waals surface area contributed by atoms with Crippen LogP contribution in [-0.4, -0.2) is 73.5 Å². The van der Waals surface area contributed by atoms with Crippen LogP contribution in [0.3, 0.4) is 0 Å². The highest BCUT2D eigenvalue weighted by Gasteiger charge is 2.35. The largest absolute Gasteiger partial charge is 0.481 e. The first-order valence-corrected chi connectivity index (χ1v) is 8.24. The molecule has 0 aromatic carbocycles. The normalized spacial score (nSPS) is 20.6. The third-order valence-corrected chi connectivity index (χ3v) is 4.67. The van der Waals surface area contributed by atoms with Crippen LogP contribution in [0.25, 0.3) is 0 Å². The number of aliphatic carboxylic acids is 1. The number of urea groups is 1. The van der Waals surface area contributed by atoms with Gasteiger partial charge < -0.3 is 20.6 Å². The lowest BCUT2D eigenvalue weighted by molar-refractivity contribution is -0.138. The lowest BCUT2D eigenvalue weighted by Crippen LogP contribution is -2.55. The molecule has 1 aliphatic heterocycles. The molecule has 120 valence electrons. The Bertz CT molecular complexity index is 518. The number of carboxylic acids is 1. The van der Waals surface area contributed by atoms with Crippen LogP contribution in [0.4, 0.5) is 4.79 Å². The molecule has 1 saturated heterocycles. The fourth-order valence-electron chi connectivity index (χ4n) is 2.03. The Morgan fingerprint density at radius 1 is 1.24 bits per heavy atom. The van der Waals surface area contributed by atoms with E-state index in [1.165, 1.54) is 11.8 Å². The number of amides is 3. The highest BCUT2D eigenvalue weighted by molar-refractivity contribution is 7.91. The second kappa shape index (κ2) is 7.25. The van der Waals surface area contributed by atoms with Crippen molar-refractivity contribution in [2.45, 2.75) is 19.4 Å². The van der Waals surface area contributed by atoms with E-state index in [1.807, 2.05) is 0 Å². The summed E-state index contributed by atoms with van der Waals surface area (Å²) in [7, 11) is -3.32. The molecule has 1 unspecified atom stereocenters. The van der Waals surface area contributed by atoms with Gasteiger partial charge in [-0.2, -0.15) is 0 Å². The Morgan fingerprint density at radius 3 is 2.43 bits per heavy atom. The average Bonchev–Trinajstić information content (AvgIpc) is 2.32. The van der Waals surface area contributed by atoms with Crippen molar-refractivity contribution < 1.29 is 27.9 Å². The summed E-state index contributed by atoms with van der Waals surface area (Å²) in [5.74, 6) is -1.91. The van der Waals surface area contributed by atoms with Gasteiger partial charge in [0.1, 0.15) is 0 Å². The Hall–Kier alpha value is -1.84. The van der Waals surface area contributed by atoms with Crippen molar-refractivity contribution >= 4 is 27.7 Å². The minimum Gasteiger partial charge on any atom is -0.481 e. The smallest absolute Gasteiger partial charge is 0.317 e. The molecular formula is C11H19N3O6S. The van der Waals surface area contributed by atoms with Gasteiger partial charge in [-0.15, -0.1) is 0 Å². The fraction of sp³-hybridized carbons (Fsp3) is 0.727. The Morgan fingerprint density at radius 2 is 1.86 bits per heavy atom. The van der Waals surface area contributed by atoms with E-state index in [4.69, 9.17) is 5.11 Å². The predicted molar refractivity (Wildman–Crippen MR) is 73.5 cm³/mol. The molecule has 1 rings (SSSR count). The van der Waals surface area contributed by atoms with Gasteiger partial charge in [0.05, 0.1) is 24.0 Å². The number of carbonyl (C=O) groups excluding carboxylic acids is 2. The van der Waals surface area contributed by atoms with Gasteiger partial charge in [-0.1, -0.05) is 0 Å². The summed E-state index contributed by atoms with van der Waals surface area (Å²) >= 11 is 0. The molecule has 0 spiro atoms. The van der Waals surface area contributed by atoms with Crippen LogP contribution in [-0.2, 0) is 19.4 Å². The molecule has 3 amide bonds. The van der Waals surface area contributed by atoms with Crippen molar-refractivity contribution in [3.8, 4) is 0 Å². The van der Waals surface area contributed by atoms with E-state index in [-0.39, 0.29) is 37.0 Å². The molecule has 0 bridgehead atoms. The second-order valence-corrected chi connectivity index (χ2v) is 7.00. The van der Waals surface area contributed by atoms with E-state index >= 15 is 0 Å². The summed E-state index contributed by atoms with van der Waals surface area (Å²) in [6.07, 6.45) is -0.418. The third kappa shape index (κ3) is 5.98. The quantitative estimate of drug-likeness (QED) is 0.523. The number of nitrogens with one attached hydrogen (secondary N) is 2. The summed E-state index contributed by atoms with van der Waals surface area (Å²) in [4.78, 5) is 34.6. The minimum absolute atomic E-state index is 0.0355. The summed E-state index contributed by atoms with van der Waals surface area (Å²) < 4.78 is 23.1. The second-order valence-electron chi connectivity index (χ2n) is 4.77. The lowest BCUT2D eigenvalue weighted by atomic mass is 10.2. The fourth-order valence-corrected chi connectivity index (χ4v) is 3.56. The molecular weight excluding hydrogens is 302 g/mol. The molecule has 1 atom stereocenters. The molecule has 21 heavy (non-hydrogen) atoms. The van der Waals surface area contributed by atoms with Gasteiger partial charge in [0, 0.05) is 26.6 Å². The molecule has 1 heterocycles. The highest BCUT2D eigenvalue weighted by Crippen LogP contribution is 2.15. The number of sulfone groups is 1. The van der Waals surface area contributed by atoms with Gasteiger partial charge in [0.2, 0.25) is 5.91 Å².